The third-order valence-corrected chi connectivity index (χ3v) is 2.52. The van der Waals surface area contributed by atoms with Crippen LogP contribution in [-0.4, -0.2) is 27.6 Å². The van der Waals surface area contributed by atoms with Crippen molar-refractivity contribution < 1.29 is 9.90 Å². The number of rotatable bonds is 3. The molecule has 0 spiro atoms. The molecule has 2 aromatic rings. The van der Waals surface area contributed by atoms with E-state index in [0.29, 0.717) is 22.4 Å². The number of aromatic nitrogens is 2. The van der Waals surface area contributed by atoms with Crippen molar-refractivity contribution in [1.29, 1.82) is 0 Å². The summed E-state index contributed by atoms with van der Waals surface area (Å²) in [5, 5.41) is 9.01. The average molecular weight is 232 g/mol. The Bertz CT molecular complexity index is 570. The Morgan fingerprint density at radius 3 is 2.82 bits per heavy atom. The monoisotopic (exact) mass is 232 g/mol. The topological polar surface area (TPSA) is 115 Å². The molecule has 0 aliphatic carbocycles. The number of nitrogens with zero attached hydrogens (tertiary/aromatic N) is 2. The van der Waals surface area contributed by atoms with Gasteiger partial charge < -0.3 is 16.6 Å². The average Bonchev–Trinajstić information content (AvgIpc) is 2.29. The maximum absolute atomic E-state index is 11.0. The predicted octanol–water partition coefficient (Wildman–Crippen LogP) is 0.339. The van der Waals surface area contributed by atoms with Gasteiger partial charge in [-0.3, -0.25) is 9.78 Å². The van der Waals surface area contributed by atoms with Gasteiger partial charge in [-0.2, -0.15) is 0 Å². The lowest BCUT2D eigenvalue weighted by Crippen LogP contribution is -2.21. The fourth-order valence-corrected chi connectivity index (χ4v) is 1.64. The minimum atomic E-state index is -0.949. The Balaban J connectivity index is 2.50. The molecule has 1 heterocycles. The summed E-state index contributed by atoms with van der Waals surface area (Å²) in [5.74, 6) is -1.34. The summed E-state index contributed by atoms with van der Waals surface area (Å²) in [6.07, 6.45) is 1.43. The van der Waals surface area contributed by atoms with Crippen LogP contribution in [0.5, 0.6) is 0 Å². The minimum absolute atomic E-state index is 0.0449. The quantitative estimate of drug-likeness (QED) is 0.702. The van der Waals surface area contributed by atoms with Gasteiger partial charge in [-0.05, 0) is 17.7 Å². The molecule has 0 saturated carbocycles. The lowest BCUT2D eigenvalue weighted by Gasteiger charge is -2.10. The molecule has 0 amide bonds. The number of aliphatic carboxylic acids is 1. The summed E-state index contributed by atoms with van der Waals surface area (Å²) in [4.78, 5) is 19.2. The number of hydrogen-bond donors (Lipinski definition) is 3. The maximum Gasteiger partial charge on any atom is 0.312 e. The van der Waals surface area contributed by atoms with Crippen LogP contribution in [-0.2, 0) is 4.79 Å². The molecule has 2 rings (SSSR count). The van der Waals surface area contributed by atoms with Gasteiger partial charge in [-0.15, -0.1) is 0 Å². The van der Waals surface area contributed by atoms with E-state index in [2.05, 4.69) is 9.97 Å². The van der Waals surface area contributed by atoms with Crippen molar-refractivity contribution in [3.63, 3.8) is 0 Å². The van der Waals surface area contributed by atoms with E-state index < -0.39 is 11.9 Å². The third-order valence-electron chi connectivity index (χ3n) is 2.52. The fourth-order valence-electron chi connectivity index (χ4n) is 1.64. The van der Waals surface area contributed by atoms with Gasteiger partial charge in [0.05, 0.1) is 23.1 Å². The SMILES string of the molecule is NCC(C(=O)O)c1ccc2nc(N)cnc2c1. The molecule has 6 heteroatoms. The summed E-state index contributed by atoms with van der Waals surface area (Å²) in [6, 6.07) is 5.05. The Morgan fingerprint density at radius 2 is 2.18 bits per heavy atom. The number of nitrogens with two attached hydrogens (primary N) is 2. The molecule has 1 unspecified atom stereocenters. The van der Waals surface area contributed by atoms with Gasteiger partial charge in [0.25, 0.3) is 0 Å². The van der Waals surface area contributed by atoms with E-state index in [1.54, 1.807) is 18.2 Å². The van der Waals surface area contributed by atoms with E-state index in [4.69, 9.17) is 16.6 Å². The van der Waals surface area contributed by atoms with E-state index in [1.165, 1.54) is 6.20 Å². The van der Waals surface area contributed by atoms with Crippen molar-refractivity contribution >= 4 is 22.8 Å². The molecular weight excluding hydrogens is 220 g/mol. The van der Waals surface area contributed by atoms with Gasteiger partial charge in [-0.1, -0.05) is 6.07 Å². The smallest absolute Gasteiger partial charge is 0.312 e. The first-order valence-electron chi connectivity index (χ1n) is 5.07. The maximum atomic E-state index is 11.0. The van der Waals surface area contributed by atoms with Gasteiger partial charge in [-0.25, -0.2) is 4.98 Å². The number of anilines is 1. The number of benzene rings is 1. The zero-order valence-corrected chi connectivity index (χ0v) is 9.00. The first-order valence-corrected chi connectivity index (χ1v) is 5.07. The second-order valence-corrected chi connectivity index (χ2v) is 3.67. The van der Waals surface area contributed by atoms with Gasteiger partial charge in [0.1, 0.15) is 5.82 Å². The lowest BCUT2D eigenvalue weighted by molar-refractivity contribution is -0.138. The number of carbonyl (C=O) groups is 1. The van der Waals surface area contributed by atoms with Crippen molar-refractivity contribution in [2.45, 2.75) is 5.92 Å². The van der Waals surface area contributed by atoms with Crippen LogP contribution >= 0.6 is 0 Å². The molecule has 0 saturated heterocycles. The predicted molar refractivity (Wildman–Crippen MR) is 63.4 cm³/mol. The van der Waals surface area contributed by atoms with E-state index in [-0.39, 0.29) is 6.54 Å². The number of hydrogen-bond acceptors (Lipinski definition) is 5. The van der Waals surface area contributed by atoms with Crippen molar-refractivity contribution in [1.82, 2.24) is 9.97 Å². The number of carboxylic acid groups (broad SMARTS) is 1. The summed E-state index contributed by atoms with van der Waals surface area (Å²) in [5.41, 5.74) is 12.8. The summed E-state index contributed by atoms with van der Waals surface area (Å²) in [7, 11) is 0. The second-order valence-electron chi connectivity index (χ2n) is 3.67. The molecule has 1 aromatic carbocycles. The highest BCUT2D eigenvalue weighted by atomic mass is 16.4. The highest BCUT2D eigenvalue weighted by molar-refractivity contribution is 5.81. The van der Waals surface area contributed by atoms with Gasteiger partial charge in [0.2, 0.25) is 0 Å². The van der Waals surface area contributed by atoms with Crippen LogP contribution in [0.2, 0.25) is 0 Å². The molecular formula is C11H12N4O2. The Kier molecular flexibility index (Phi) is 2.88. The summed E-state index contributed by atoms with van der Waals surface area (Å²) in [6.45, 7) is 0.0449. The molecule has 0 aliphatic rings. The largest absolute Gasteiger partial charge is 0.481 e. The fraction of sp³-hybridized carbons (Fsp3) is 0.182. The summed E-state index contributed by atoms with van der Waals surface area (Å²) < 4.78 is 0. The standard InChI is InChI=1S/C11H12N4O2/c12-4-7(11(16)17)6-1-2-8-9(3-6)14-5-10(13)15-8/h1-3,5,7H,4,12H2,(H2,13,15)(H,16,17). The molecule has 1 aromatic heterocycles. The van der Waals surface area contributed by atoms with Crippen LogP contribution < -0.4 is 11.5 Å². The van der Waals surface area contributed by atoms with Crippen molar-refractivity contribution in [2.24, 2.45) is 5.73 Å². The second kappa shape index (κ2) is 4.34. The molecule has 0 aliphatic heterocycles. The zero-order chi connectivity index (χ0) is 12.4. The van der Waals surface area contributed by atoms with Crippen LogP contribution in [0.4, 0.5) is 5.82 Å². The van der Waals surface area contributed by atoms with Crippen molar-refractivity contribution in [2.75, 3.05) is 12.3 Å². The molecule has 17 heavy (non-hydrogen) atoms. The Labute approximate surface area is 97.3 Å². The first-order chi connectivity index (χ1) is 8.11. The molecule has 0 bridgehead atoms. The van der Waals surface area contributed by atoms with E-state index in [9.17, 15) is 4.79 Å². The Morgan fingerprint density at radius 1 is 1.41 bits per heavy atom. The molecule has 1 atom stereocenters. The number of fused-ring (bicyclic) bond motifs is 1. The summed E-state index contributed by atoms with van der Waals surface area (Å²) >= 11 is 0. The highest BCUT2D eigenvalue weighted by Crippen LogP contribution is 2.19. The van der Waals surface area contributed by atoms with Crippen molar-refractivity contribution in [3.8, 4) is 0 Å². The van der Waals surface area contributed by atoms with Gasteiger partial charge in [0, 0.05) is 6.54 Å². The Hall–Kier alpha value is -2.21. The van der Waals surface area contributed by atoms with Crippen LogP contribution in [0.25, 0.3) is 11.0 Å². The number of nitrogen functional groups attached to an aromatic ring is 1. The van der Waals surface area contributed by atoms with E-state index in [0.717, 1.165) is 0 Å². The molecule has 88 valence electrons. The molecule has 5 N–H and O–H groups in total. The molecule has 0 fully saturated rings. The van der Waals surface area contributed by atoms with Crippen LogP contribution in [0, 0.1) is 0 Å². The van der Waals surface area contributed by atoms with Gasteiger partial charge >= 0.3 is 5.97 Å². The zero-order valence-electron chi connectivity index (χ0n) is 9.00. The third kappa shape index (κ3) is 2.16. The lowest BCUT2D eigenvalue weighted by atomic mass is 9.99. The molecule has 6 nitrogen and oxygen atoms in total. The highest BCUT2D eigenvalue weighted by Gasteiger charge is 2.18. The van der Waals surface area contributed by atoms with Crippen LogP contribution in [0.15, 0.2) is 24.4 Å². The van der Waals surface area contributed by atoms with Crippen LogP contribution in [0.1, 0.15) is 11.5 Å². The minimum Gasteiger partial charge on any atom is -0.481 e. The van der Waals surface area contributed by atoms with Crippen molar-refractivity contribution in [3.05, 3.63) is 30.0 Å². The van der Waals surface area contributed by atoms with E-state index >= 15 is 0 Å². The first kappa shape index (κ1) is 11.3. The molecule has 0 radical (unpaired) electrons. The normalized spacial score (nSPS) is 12.5. The number of carboxylic acids is 1. The van der Waals surface area contributed by atoms with E-state index in [1.807, 2.05) is 0 Å². The van der Waals surface area contributed by atoms with Crippen LogP contribution in [0.3, 0.4) is 0 Å². The van der Waals surface area contributed by atoms with Gasteiger partial charge in [0.15, 0.2) is 0 Å².